The molecule has 6 heteroatoms. The van der Waals surface area contributed by atoms with Crippen molar-refractivity contribution in [2.75, 3.05) is 11.9 Å². The molecular formula is C16H17ClF2N2O. The Morgan fingerprint density at radius 1 is 1.09 bits per heavy atom. The second-order valence-electron chi connectivity index (χ2n) is 4.49. The van der Waals surface area contributed by atoms with Crippen LogP contribution in [-0.2, 0) is 6.54 Å². The molecule has 0 bridgehead atoms. The van der Waals surface area contributed by atoms with Crippen LogP contribution in [0.3, 0.4) is 0 Å². The van der Waals surface area contributed by atoms with Crippen LogP contribution in [0.1, 0.15) is 22.8 Å². The van der Waals surface area contributed by atoms with Gasteiger partial charge in [0.1, 0.15) is 0 Å². The Morgan fingerprint density at radius 2 is 1.82 bits per heavy atom. The quantitative estimate of drug-likeness (QED) is 0.878. The molecule has 1 amide bonds. The number of hydrogen-bond donors (Lipinski definition) is 2. The fourth-order valence-corrected chi connectivity index (χ4v) is 1.92. The van der Waals surface area contributed by atoms with E-state index in [9.17, 15) is 13.6 Å². The molecule has 0 fully saturated rings. The molecule has 2 N–H and O–H groups in total. The summed E-state index contributed by atoms with van der Waals surface area (Å²) in [6.07, 6.45) is 0. The molecule has 2 aromatic carbocycles. The number of halogens is 3. The SMILES string of the molecule is CCNCc1ccccc1NC(=O)c1cccc(F)c1F.Cl. The molecule has 118 valence electrons. The Labute approximate surface area is 134 Å². The summed E-state index contributed by atoms with van der Waals surface area (Å²) >= 11 is 0. The van der Waals surface area contributed by atoms with Gasteiger partial charge in [-0.1, -0.05) is 31.2 Å². The van der Waals surface area contributed by atoms with E-state index in [1.54, 1.807) is 12.1 Å². The van der Waals surface area contributed by atoms with Gasteiger partial charge in [0.2, 0.25) is 0 Å². The van der Waals surface area contributed by atoms with Gasteiger partial charge in [0.05, 0.1) is 5.56 Å². The number of hydrogen-bond acceptors (Lipinski definition) is 2. The van der Waals surface area contributed by atoms with Crippen LogP contribution in [0.15, 0.2) is 42.5 Å². The first-order valence-electron chi connectivity index (χ1n) is 6.67. The second-order valence-corrected chi connectivity index (χ2v) is 4.49. The summed E-state index contributed by atoms with van der Waals surface area (Å²) in [5, 5.41) is 5.77. The van der Waals surface area contributed by atoms with Crippen molar-refractivity contribution in [3.63, 3.8) is 0 Å². The van der Waals surface area contributed by atoms with E-state index in [1.165, 1.54) is 12.1 Å². The maximum atomic E-state index is 13.6. The Bertz CT molecular complexity index is 650. The summed E-state index contributed by atoms with van der Waals surface area (Å²) in [6, 6.07) is 10.7. The molecule has 0 unspecified atom stereocenters. The molecule has 0 aliphatic rings. The van der Waals surface area contributed by atoms with Gasteiger partial charge in [0, 0.05) is 12.2 Å². The fourth-order valence-electron chi connectivity index (χ4n) is 1.92. The summed E-state index contributed by atoms with van der Waals surface area (Å²) in [6.45, 7) is 3.35. The number of anilines is 1. The first-order valence-corrected chi connectivity index (χ1v) is 6.67. The van der Waals surface area contributed by atoms with Crippen molar-refractivity contribution in [2.45, 2.75) is 13.5 Å². The molecule has 2 aromatic rings. The molecule has 0 aliphatic heterocycles. The van der Waals surface area contributed by atoms with E-state index in [0.717, 1.165) is 18.2 Å². The van der Waals surface area contributed by atoms with Gasteiger partial charge in [-0.2, -0.15) is 0 Å². The summed E-state index contributed by atoms with van der Waals surface area (Å²) in [5.74, 6) is -2.85. The van der Waals surface area contributed by atoms with Crippen LogP contribution >= 0.6 is 12.4 Å². The van der Waals surface area contributed by atoms with E-state index in [-0.39, 0.29) is 18.0 Å². The van der Waals surface area contributed by atoms with Gasteiger partial charge in [0.25, 0.3) is 5.91 Å². The van der Waals surface area contributed by atoms with Gasteiger partial charge in [0.15, 0.2) is 11.6 Å². The number of nitrogens with one attached hydrogen (secondary N) is 2. The van der Waals surface area contributed by atoms with E-state index in [1.807, 2.05) is 19.1 Å². The Balaban J connectivity index is 0.00000242. The number of carbonyl (C=O) groups excluding carboxylic acids is 1. The van der Waals surface area contributed by atoms with Gasteiger partial charge in [-0.05, 0) is 30.3 Å². The number of para-hydroxylation sites is 1. The predicted octanol–water partition coefficient (Wildman–Crippen LogP) is 3.75. The first-order chi connectivity index (χ1) is 10.1. The third kappa shape index (κ3) is 4.26. The smallest absolute Gasteiger partial charge is 0.258 e. The number of carbonyl (C=O) groups is 1. The predicted molar refractivity (Wildman–Crippen MR) is 85.4 cm³/mol. The summed E-state index contributed by atoms with van der Waals surface area (Å²) in [7, 11) is 0. The van der Waals surface area contributed by atoms with Crippen molar-refractivity contribution in [3.8, 4) is 0 Å². The molecular weight excluding hydrogens is 310 g/mol. The van der Waals surface area contributed by atoms with Crippen LogP contribution in [0, 0.1) is 11.6 Å². The molecule has 0 aliphatic carbocycles. The number of benzene rings is 2. The lowest BCUT2D eigenvalue weighted by Gasteiger charge is -2.11. The van der Waals surface area contributed by atoms with Crippen molar-refractivity contribution < 1.29 is 13.6 Å². The van der Waals surface area contributed by atoms with Gasteiger partial charge >= 0.3 is 0 Å². The van der Waals surface area contributed by atoms with Crippen molar-refractivity contribution >= 4 is 24.0 Å². The van der Waals surface area contributed by atoms with Crippen molar-refractivity contribution in [1.29, 1.82) is 0 Å². The van der Waals surface area contributed by atoms with E-state index in [2.05, 4.69) is 10.6 Å². The van der Waals surface area contributed by atoms with Crippen LogP contribution in [-0.4, -0.2) is 12.5 Å². The molecule has 0 saturated heterocycles. The topological polar surface area (TPSA) is 41.1 Å². The highest BCUT2D eigenvalue weighted by Gasteiger charge is 2.16. The van der Waals surface area contributed by atoms with Crippen molar-refractivity contribution in [3.05, 3.63) is 65.2 Å². The number of rotatable bonds is 5. The molecule has 0 heterocycles. The second kappa shape index (κ2) is 8.46. The highest BCUT2D eigenvalue weighted by Crippen LogP contribution is 2.18. The lowest BCUT2D eigenvalue weighted by molar-refractivity contribution is 0.102. The zero-order chi connectivity index (χ0) is 15.2. The maximum absolute atomic E-state index is 13.6. The minimum Gasteiger partial charge on any atom is -0.322 e. The van der Waals surface area contributed by atoms with Crippen LogP contribution < -0.4 is 10.6 Å². The van der Waals surface area contributed by atoms with Crippen molar-refractivity contribution in [2.24, 2.45) is 0 Å². The number of amides is 1. The molecule has 2 rings (SSSR count). The lowest BCUT2D eigenvalue weighted by atomic mass is 10.1. The van der Waals surface area contributed by atoms with E-state index >= 15 is 0 Å². The largest absolute Gasteiger partial charge is 0.322 e. The zero-order valence-corrected chi connectivity index (χ0v) is 12.8. The van der Waals surface area contributed by atoms with Crippen molar-refractivity contribution in [1.82, 2.24) is 5.32 Å². The van der Waals surface area contributed by atoms with Crippen LogP contribution in [0.25, 0.3) is 0 Å². The van der Waals surface area contributed by atoms with Gasteiger partial charge in [-0.15, -0.1) is 12.4 Å². The lowest BCUT2D eigenvalue weighted by Crippen LogP contribution is -2.18. The Hall–Kier alpha value is -1.98. The molecule has 22 heavy (non-hydrogen) atoms. The molecule has 0 aromatic heterocycles. The van der Waals surface area contributed by atoms with E-state index in [0.29, 0.717) is 12.2 Å². The zero-order valence-electron chi connectivity index (χ0n) is 12.0. The van der Waals surface area contributed by atoms with Gasteiger partial charge in [-0.3, -0.25) is 4.79 Å². The Kier molecular flexibility index (Phi) is 6.95. The minimum absolute atomic E-state index is 0. The van der Waals surface area contributed by atoms with Crippen LogP contribution in [0.5, 0.6) is 0 Å². The average molecular weight is 327 g/mol. The molecule has 0 saturated carbocycles. The summed E-state index contributed by atoms with van der Waals surface area (Å²) in [4.78, 5) is 12.1. The van der Waals surface area contributed by atoms with Crippen LogP contribution in [0.4, 0.5) is 14.5 Å². The van der Waals surface area contributed by atoms with E-state index < -0.39 is 17.5 Å². The van der Waals surface area contributed by atoms with Gasteiger partial charge in [-0.25, -0.2) is 8.78 Å². The standard InChI is InChI=1S/C16H16F2N2O.ClH/c1-2-19-10-11-6-3-4-9-14(11)20-16(21)12-7-5-8-13(17)15(12)18;/h3-9,19H,2,10H2,1H3,(H,20,21);1H. The molecule has 3 nitrogen and oxygen atoms in total. The fraction of sp³-hybridized carbons (Fsp3) is 0.188. The average Bonchev–Trinajstić information content (AvgIpc) is 2.49. The van der Waals surface area contributed by atoms with E-state index in [4.69, 9.17) is 0 Å². The minimum atomic E-state index is -1.14. The molecule has 0 radical (unpaired) electrons. The summed E-state index contributed by atoms with van der Waals surface area (Å²) < 4.78 is 26.8. The third-order valence-corrected chi connectivity index (χ3v) is 3.03. The highest BCUT2D eigenvalue weighted by molar-refractivity contribution is 6.04. The normalized spacial score (nSPS) is 9.95. The monoisotopic (exact) mass is 326 g/mol. The molecule has 0 spiro atoms. The third-order valence-electron chi connectivity index (χ3n) is 3.03. The molecule has 0 atom stereocenters. The summed E-state index contributed by atoms with van der Waals surface area (Å²) in [5.41, 5.74) is 1.14. The Morgan fingerprint density at radius 3 is 2.55 bits per heavy atom. The maximum Gasteiger partial charge on any atom is 0.258 e. The highest BCUT2D eigenvalue weighted by atomic mass is 35.5. The van der Waals surface area contributed by atoms with Gasteiger partial charge < -0.3 is 10.6 Å². The van der Waals surface area contributed by atoms with Crippen LogP contribution in [0.2, 0.25) is 0 Å². The first kappa shape index (κ1) is 18.1.